The van der Waals surface area contributed by atoms with E-state index in [-0.39, 0.29) is 10.9 Å². The van der Waals surface area contributed by atoms with E-state index in [2.05, 4.69) is 0 Å². The average Bonchev–Trinajstić information content (AvgIpc) is 2.35. The second-order valence-corrected chi connectivity index (χ2v) is 9.20. The molecule has 0 aromatic rings. The molecule has 2 unspecified atom stereocenters. The molecule has 0 spiro atoms. The summed E-state index contributed by atoms with van der Waals surface area (Å²) in [5, 5.41) is 0. The van der Waals surface area contributed by atoms with Crippen molar-refractivity contribution in [2.45, 2.75) is 70.9 Å². The lowest BCUT2D eigenvalue weighted by Crippen LogP contribution is -2.68. The summed E-state index contributed by atoms with van der Waals surface area (Å²) >= 11 is 0. The zero-order chi connectivity index (χ0) is 20.6. The molecular formula is C15H26FNO8S. The minimum atomic E-state index is -5.37. The van der Waals surface area contributed by atoms with E-state index in [0.717, 1.165) is 0 Å². The molecule has 1 rings (SSSR count). The van der Waals surface area contributed by atoms with Crippen LogP contribution in [0.15, 0.2) is 0 Å². The lowest BCUT2D eigenvalue weighted by molar-refractivity contribution is -0.179. The molecule has 1 N–H and O–H groups in total. The summed E-state index contributed by atoms with van der Waals surface area (Å²) in [6.07, 6.45) is -4.39. The van der Waals surface area contributed by atoms with Gasteiger partial charge in [0.2, 0.25) is 0 Å². The molecule has 0 aliphatic carbocycles. The molecule has 152 valence electrons. The molecule has 26 heavy (non-hydrogen) atoms. The maximum Gasteiger partial charge on any atom is 0.427 e. The molecule has 1 heterocycles. The van der Waals surface area contributed by atoms with Crippen molar-refractivity contribution in [1.82, 2.24) is 4.31 Å². The summed E-state index contributed by atoms with van der Waals surface area (Å²) < 4.78 is 63.1. The highest BCUT2D eigenvalue weighted by Gasteiger charge is 2.62. The number of hydrogen-bond donors (Lipinski definition) is 1. The van der Waals surface area contributed by atoms with Gasteiger partial charge in [-0.2, -0.15) is 12.7 Å². The minimum Gasteiger partial charge on any atom is -0.458 e. The van der Waals surface area contributed by atoms with Crippen LogP contribution < -0.4 is 0 Å². The van der Waals surface area contributed by atoms with Crippen LogP contribution in [0.25, 0.3) is 0 Å². The predicted molar refractivity (Wildman–Crippen MR) is 88.5 cm³/mol. The Morgan fingerprint density at radius 1 is 1.15 bits per heavy atom. The van der Waals surface area contributed by atoms with Crippen LogP contribution in [0.2, 0.25) is 0 Å². The molecule has 1 aliphatic heterocycles. The lowest BCUT2D eigenvalue weighted by atomic mass is 9.87. The molecule has 0 bridgehead atoms. The molecule has 1 amide bonds. The number of carbonyl (C=O) groups is 2. The first-order valence-corrected chi connectivity index (χ1v) is 9.36. The quantitative estimate of drug-likeness (QED) is 0.565. The molecule has 0 saturated carbocycles. The molecular weight excluding hydrogens is 372 g/mol. The molecule has 0 aromatic heterocycles. The SMILES string of the molecule is CC(C)(C)OC(=O)N(C1(C(=O)OC(C)(C)C)CCOCC1[18F])S(=O)(=O)O. The van der Waals surface area contributed by atoms with Crippen LogP contribution in [-0.4, -0.2) is 65.5 Å². The van der Waals surface area contributed by atoms with Crippen molar-refractivity contribution in [3.05, 3.63) is 0 Å². The highest BCUT2D eigenvalue weighted by Crippen LogP contribution is 2.36. The molecule has 1 saturated heterocycles. The zero-order valence-electron chi connectivity index (χ0n) is 15.7. The maximum atomic E-state index is 14.9. The van der Waals surface area contributed by atoms with Crippen molar-refractivity contribution in [3.8, 4) is 0 Å². The lowest BCUT2D eigenvalue weighted by Gasteiger charge is -2.44. The maximum absolute atomic E-state index is 14.9. The van der Waals surface area contributed by atoms with Crippen molar-refractivity contribution in [1.29, 1.82) is 0 Å². The largest absolute Gasteiger partial charge is 0.458 e. The van der Waals surface area contributed by atoms with E-state index >= 15 is 0 Å². The third-order valence-corrected chi connectivity index (χ3v) is 4.25. The second kappa shape index (κ2) is 7.28. The van der Waals surface area contributed by atoms with E-state index in [0.29, 0.717) is 0 Å². The summed E-state index contributed by atoms with van der Waals surface area (Å²) in [6, 6.07) is 0. The third kappa shape index (κ3) is 5.27. The molecule has 0 aromatic carbocycles. The van der Waals surface area contributed by atoms with E-state index in [9.17, 15) is 27.0 Å². The van der Waals surface area contributed by atoms with Gasteiger partial charge in [-0.1, -0.05) is 0 Å². The summed E-state index contributed by atoms with van der Waals surface area (Å²) in [6.45, 7) is 7.95. The number of amides is 1. The van der Waals surface area contributed by atoms with Crippen LogP contribution in [0.1, 0.15) is 48.0 Å². The van der Waals surface area contributed by atoms with E-state index in [1.807, 2.05) is 0 Å². The van der Waals surface area contributed by atoms with Crippen molar-refractivity contribution in [3.63, 3.8) is 0 Å². The zero-order valence-corrected chi connectivity index (χ0v) is 16.6. The van der Waals surface area contributed by atoms with Gasteiger partial charge in [0, 0.05) is 13.0 Å². The molecule has 1 fully saturated rings. The topological polar surface area (TPSA) is 119 Å². The number of ether oxygens (including phenoxy) is 3. The molecule has 9 nitrogen and oxygen atoms in total. The fourth-order valence-corrected chi connectivity index (χ4v) is 3.30. The van der Waals surface area contributed by atoms with Crippen LogP contribution >= 0.6 is 0 Å². The fraction of sp³-hybridized carbons (Fsp3) is 0.867. The Morgan fingerprint density at radius 2 is 1.65 bits per heavy atom. The summed E-state index contributed by atoms with van der Waals surface area (Å²) in [7, 11) is -5.37. The second-order valence-electron chi connectivity index (χ2n) is 7.94. The number of alkyl halides is 1. The van der Waals surface area contributed by atoms with Crippen LogP contribution in [0, 0.1) is 0 Å². The van der Waals surface area contributed by atoms with E-state index in [4.69, 9.17) is 14.2 Å². The normalized spacial score (nSPS) is 24.7. The van der Waals surface area contributed by atoms with Crippen LogP contribution in [0.4, 0.5) is 9.18 Å². The van der Waals surface area contributed by atoms with E-state index in [1.54, 1.807) is 0 Å². The first kappa shape index (κ1) is 22.6. The number of nitrogens with zero attached hydrogens (tertiary/aromatic N) is 1. The highest BCUT2D eigenvalue weighted by atomic mass is 32.2. The predicted octanol–water partition coefficient (Wildman–Crippen LogP) is 1.87. The van der Waals surface area contributed by atoms with Crippen molar-refractivity contribution < 1.29 is 41.2 Å². The summed E-state index contributed by atoms with van der Waals surface area (Å²) in [4.78, 5) is 25.2. The summed E-state index contributed by atoms with van der Waals surface area (Å²) in [5.74, 6) is -1.32. The molecule has 2 atom stereocenters. The smallest absolute Gasteiger partial charge is 0.427 e. The van der Waals surface area contributed by atoms with Crippen molar-refractivity contribution in [2.24, 2.45) is 0 Å². The Kier molecular flexibility index (Phi) is 6.32. The van der Waals surface area contributed by atoms with Gasteiger partial charge in [0.25, 0.3) is 0 Å². The van der Waals surface area contributed by atoms with Gasteiger partial charge < -0.3 is 14.2 Å². The van der Waals surface area contributed by atoms with Gasteiger partial charge in [-0.3, -0.25) is 4.55 Å². The third-order valence-electron chi connectivity index (χ3n) is 3.31. The fourth-order valence-electron chi connectivity index (χ4n) is 2.38. The van der Waals surface area contributed by atoms with Gasteiger partial charge in [0.05, 0.1) is 6.61 Å². The highest BCUT2D eigenvalue weighted by molar-refractivity contribution is 7.84. The Labute approximate surface area is 152 Å². The minimum absolute atomic E-state index is 0.228. The number of carbonyl (C=O) groups excluding carboxylic acids is 2. The van der Waals surface area contributed by atoms with Crippen LogP contribution in [0.5, 0.6) is 0 Å². The van der Waals surface area contributed by atoms with Crippen LogP contribution in [-0.2, 0) is 29.3 Å². The Balaban J connectivity index is 3.53. The van der Waals surface area contributed by atoms with Gasteiger partial charge in [-0.15, -0.1) is 0 Å². The van der Waals surface area contributed by atoms with Crippen molar-refractivity contribution in [2.75, 3.05) is 13.2 Å². The van der Waals surface area contributed by atoms with E-state index in [1.165, 1.54) is 41.5 Å². The van der Waals surface area contributed by atoms with E-state index < -0.39 is 58.3 Å². The number of esters is 1. The van der Waals surface area contributed by atoms with Gasteiger partial charge in [0.1, 0.15) is 11.2 Å². The van der Waals surface area contributed by atoms with Crippen LogP contribution in [0.3, 0.4) is 0 Å². The Morgan fingerprint density at radius 3 is 2.04 bits per heavy atom. The Hall–Kier alpha value is -1.46. The van der Waals surface area contributed by atoms with Gasteiger partial charge in [-0.25, -0.2) is 14.0 Å². The molecule has 11 heteroatoms. The monoisotopic (exact) mass is 398 g/mol. The first-order chi connectivity index (χ1) is 11.5. The van der Waals surface area contributed by atoms with Gasteiger partial charge in [-0.05, 0) is 41.5 Å². The van der Waals surface area contributed by atoms with Gasteiger partial charge >= 0.3 is 22.4 Å². The number of rotatable bonds is 3. The van der Waals surface area contributed by atoms with Crippen molar-refractivity contribution >= 4 is 22.4 Å². The first-order valence-electron chi connectivity index (χ1n) is 7.97. The van der Waals surface area contributed by atoms with Gasteiger partial charge in [0.15, 0.2) is 11.7 Å². The molecule has 1 aliphatic rings. The summed E-state index contributed by atoms with van der Waals surface area (Å²) in [5.41, 5.74) is -4.89. The number of halogens is 1. The molecule has 0 radical (unpaired) electrons. The standard InChI is InChI=1S/C15H26FNO8S/c1-13(2,3)24-11(18)15(7-8-23-9-10(15)16)17(26(20,21)22)12(19)25-14(4,5)6/h10H,7-9H2,1-6H3,(H,20,21,22)/i16-1. The number of hydrogen-bond acceptors (Lipinski definition) is 7. The Bertz CT molecular complexity index is 652. The average molecular weight is 398 g/mol.